The monoisotopic (exact) mass is 426 g/mol. The van der Waals surface area contributed by atoms with Gasteiger partial charge in [0.05, 0.1) is 29.5 Å². The van der Waals surface area contributed by atoms with Crippen LogP contribution in [0.3, 0.4) is 0 Å². The van der Waals surface area contributed by atoms with Crippen LogP contribution in [0.15, 0.2) is 34.2 Å². The van der Waals surface area contributed by atoms with Gasteiger partial charge in [0.2, 0.25) is 0 Å². The molecule has 4 rings (SSSR count). The number of methoxy groups -OCH3 is 1. The van der Waals surface area contributed by atoms with Crippen LogP contribution in [-0.2, 0) is 13.0 Å². The minimum atomic E-state index is -0.318. The summed E-state index contributed by atoms with van der Waals surface area (Å²) in [5.41, 5.74) is 1.76. The zero-order chi connectivity index (χ0) is 20.5. The Balaban J connectivity index is 1.96. The zero-order valence-electron chi connectivity index (χ0n) is 16.6. The lowest BCUT2D eigenvalue weighted by Crippen LogP contribution is -2.30. The summed E-state index contributed by atoms with van der Waals surface area (Å²) in [7, 11) is 1.60. The summed E-state index contributed by atoms with van der Waals surface area (Å²) in [5.74, 6) is 0.671. The molecule has 1 aliphatic heterocycles. The first-order chi connectivity index (χ1) is 14.0. The van der Waals surface area contributed by atoms with Gasteiger partial charge in [0.25, 0.3) is 5.56 Å². The highest BCUT2D eigenvalue weighted by molar-refractivity contribution is 8.00. The molecule has 3 heterocycles. The van der Waals surface area contributed by atoms with E-state index in [0.717, 1.165) is 41.8 Å². The van der Waals surface area contributed by atoms with Gasteiger partial charge in [0.1, 0.15) is 10.6 Å². The van der Waals surface area contributed by atoms with E-state index in [1.165, 1.54) is 16.6 Å². The van der Waals surface area contributed by atoms with Crippen LogP contribution >= 0.6 is 23.1 Å². The Morgan fingerprint density at radius 2 is 2.28 bits per heavy atom. The Labute approximate surface area is 177 Å². The molecule has 6 nitrogen and oxygen atoms in total. The average molecular weight is 427 g/mol. The van der Waals surface area contributed by atoms with Crippen LogP contribution in [0.5, 0.6) is 5.75 Å². The molecular weight excluding hydrogens is 404 g/mol. The minimum Gasteiger partial charge on any atom is -0.497 e. The predicted octanol–water partition coefficient (Wildman–Crippen LogP) is 3.84. The maximum atomic E-state index is 13.7. The van der Waals surface area contributed by atoms with Gasteiger partial charge in [-0.05, 0) is 37.6 Å². The van der Waals surface area contributed by atoms with Crippen molar-refractivity contribution in [1.29, 1.82) is 5.26 Å². The molecule has 1 atom stereocenters. The molecule has 2 aromatic heterocycles. The molecule has 1 unspecified atom stereocenters. The lowest BCUT2D eigenvalue weighted by molar-refractivity contribution is 0.272. The standard InChI is InChI=1S/C21H22N4O2S2/c1-4-24-9-8-16-17(12-24)29-19-18(16)20(26)25(21(23-19)28-13(2)11-22)14-6-5-7-15(10-14)27-3/h5-7,10,13H,4,8-9,12H2,1-3H3. The molecule has 8 heteroatoms. The van der Waals surface area contributed by atoms with Gasteiger partial charge < -0.3 is 4.74 Å². The van der Waals surface area contributed by atoms with Gasteiger partial charge in [-0.15, -0.1) is 11.3 Å². The van der Waals surface area contributed by atoms with E-state index < -0.39 is 0 Å². The molecule has 1 aliphatic rings. The van der Waals surface area contributed by atoms with Crippen molar-refractivity contribution in [2.24, 2.45) is 0 Å². The Morgan fingerprint density at radius 1 is 1.45 bits per heavy atom. The van der Waals surface area contributed by atoms with Crippen LogP contribution in [0.25, 0.3) is 15.9 Å². The number of nitriles is 1. The van der Waals surface area contributed by atoms with Crippen molar-refractivity contribution >= 4 is 33.3 Å². The van der Waals surface area contributed by atoms with Gasteiger partial charge in [0.15, 0.2) is 5.16 Å². The van der Waals surface area contributed by atoms with Crippen LogP contribution in [-0.4, -0.2) is 39.9 Å². The largest absolute Gasteiger partial charge is 0.497 e. The predicted molar refractivity (Wildman–Crippen MR) is 117 cm³/mol. The molecule has 0 spiro atoms. The molecule has 0 amide bonds. The molecule has 150 valence electrons. The highest BCUT2D eigenvalue weighted by Gasteiger charge is 2.25. The zero-order valence-corrected chi connectivity index (χ0v) is 18.3. The SMILES string of the molecule is CCN1CCc2c(sc3nc(SC(C)C#N)n(-c4cccc(OC)c4)c(=O)c23)C1. The van der Waals surface area contributed by atoms with E-state index in [1.807, 2.05) is 31.2 Å². The number of fused-ring (bicyclic) bond motifs is 3. The summed E-state index contributed by atoms with van der Waals surface area (Å²) in [6, 6.07) is 9.62. The lowest BCUT2D eigenvalue weighted by atomic mass is 10.1. The van der Waals surface area contributed by atoms with Gasteiger partial charge in [0, 0.05) is 24.0 Å². The van der Waals surface area contributed by atoms with Crippen LogP contribution in [0.4, 0.5) is 0 Å². The third kappa shape index (κ3) is 3.66. The van der Waals surface area contributed by atoms with Crippen LogP contribution in [0.1, 0.15) is 24.3 Å². The number of hydrogen-bond acceptors (Lipinski definition) is 7. The highest BCUT2D eigenvalue weighted by Crippen LogP contribution is 2.35. The number of thioether (sulfide) groups is 1. The normalized spacial score (nSPS) is 15.1. The molecular formula is C21H22N4O2S2. The van der Waals surface area contributed by atoms with E-state index in [9.17, 15) is 10.1 Å². The highest BCUT2D eigenvalue weighted by atomic mass is 32.2. The van der Waals surface area contributed by atoms with Gasteiger partial charge in [-0.3, -0.25) is 14.3 Å². The second kappa shape index (κ2) is 8.19. The summed E-state index contributed by atoms with van der Waals surface area (Å²) in [5, 5.41) is 10.2. The maximum absolute atomic E-state index is 13.7. The van der Waals surface area contributed by atoms with Crippen molar-refractivity contribution in [1.82, 2.24) is 14.5 Å². The van der Waals surface area contributed by atoms with Gasteiger partial charge in [-0.25, -0.2) is 4.98 Å². The number of ether oxygens (including phenoxy) is 1. The topological polar surface area (TPSA) is 71.2 Å². The number of thiophene rings is 1. The number of aromatic nitrogens is 2. The van der Waals surface area contributed by atoms with Gasteiger partial charge in [-0.2, -0.15) is 5.26 Å². The Bertz CT molecular complexity index is 1160. The molecule has 29 heavy (non-hydrogen) atoms. The molecule has 0 saturated carbocycles. The van der Waals surface area contributed by atoms with Crippen molar-refractivity contribution in [3.63, 3.8) is 0 Å². The second-order valence-electron chi connectivity index (χ2n) is 6.93. The molecule has 0 fully saturated rings. The summed E-state index contributed by atoms with van der Waals surface area (Å²) < 4.78 is 6.97. The molecule has 0 radical (unpaired) electrons. The molecule has 0 aliphatic carbocycles. The van der Waals surface area contributed by atoms with E-state index in [-0.39, 0.29) is 10.8 Å². The maximum Gasteiger partial charge on any atom is 0.267 e. The third-order valence-electron chi connectivity index (χ3n) is 5.15. The summed E-state index contributed by atoms with van der Waals surface area (Å²) in [4.78, 5) is 22.9. The van der Waals surface area contributed by atoms with Gasteiger partial charge >= 0.3 is 0 Å². The second-order valence-corrected chi connectivity index (χ2v) is 9.32. The number of rotatable bonds is 5. The minimum absolute atomic E-state index is 0.0710. The number of hydrogen-bond donors (Lipinski definition) is 0. The first-order valence-electron chi connectivity index (χ1n) is 9.56. The van der Waals surface area contributed by atoms with Crippen LogP contribution in [0.2, 0.25) is 0 Å². The van der Waals surface area contributed by atoms with Crippen molar-refractivity contribution < 1.29 is 4.74 Å². The van der Waals surface area contributed by atoms with E-state index in [0.29, 0.717) is 16.6 Å². The molecule has 0 N–H and O–H groups in total. The Hall–Kier alpha value is -2.34. The van der Waals surface area contributed by atoms with Crippen LogP contribution < -0.4 is 10.3 Å². The lowest BCUT2D eigenvalue weighted by Gasteiger charge is -2.25. The third-order valence-corrected chi connectivity index (χ3v) is 7.20. The molecule has 1 aromatic carbocycles. The molecule has 3 aromatic rings. The molecule has 0 bridgehead atoms. The summed E-state index contributed by atoms with van der Waals surface area (Å²) >= 11 is 2.91. The summed E-state index contributed by atoms with van der Waals surface area (Å²) in [6.07, 6.45) is 0.860. The number of likely N-dealkylation sites (N-methyl/N-ethyl adjacent to an activating group) is 1. The fourth-order valence-electron chi connectivity index (χ4n) is 3.59. The van der Waals surface area contributed by atoms with E-state index >= 15 is 0 Å². The average Bonchev–Trinajstić information content (AvgIpc) is 3.11. The van der Waals surface area contributed by atoms with Crippen molar-refractivity contribution in [3.8, 4) is 17.5 Å². The van der Waals surface area contributed by atoms with Crippen LogP contribution in [0, 0.1) is 11.3 Å². The van der Waals surface area contributed by atoms with Crippen molar-refractivity contribution in [3.05, 3.63) is 45.1 Å². The smallest absolute Gasteiger partial charge is 0.267 e. The van der Waals surface area contributed by atoms with Crippen molar-refractivity contribution in [2.45, 2.75) is 37.2 Å². The summed E-state index contributed by atoms with van der Waals surface area (Å²) in [6.45, 7) is 6.79. The first kappa shape index (κ1) is 20.0. The first-order valence-corrected chi connectivity index (χ1v) is 11.3. The quantitative estimate of drug-likeness (QED) is 0.456. The number of nitrogens with zero attached hydrogens (tertiary/aromatic N) is 4. The number of benzene rings is 1. The fraction of sp³-hybridized carbons (Fsp3) is 0.381. The fourth-order valence-corrected chi connectivity index (χ4v) is 5.70. The Kier molecular flexibility index (Phi) is 5.63. The van der Waals surface area contributed by atoms with E-state index in [4.69, 9.17) is 9.72 Å². The van der Waals surface area contributed by atoms with Crippen molar-refractivity contribution in [2.75, 3.05) is 20.2 Å². The van der Waals surface area contributed by atoms with E-state index in [1.54, 1.807) is 23.0 Å². The Morgan fingerprint density at radius 3 is 3.00 bits per heavy atom. The van der Waals surface area contributed by atoms with Gasteiger partial charge in [-0.1, -0.05) is 24.8 Å². The van der Waals surface area contributed by atoms with E-state index in [2.05, 4.69) is 17.9 Å². The molecule has 0 saturated heterocycles.